The Labute approximate surface area is 181 Å². The van der Waals surface area contributed by atoms with Crippen molar-refractivity contribution in [3.8, 4) is 0 Å². The summed E-state index contributed by atoms with van der Waals surface area (Å²) in [6, 6.07) is 4.79. The molecule has 0 radical (unpaired) electrons. The van der Waals surface area contributed by atoms with Gasteiger partial charge in [0.05, 0.1) is 0 Å². The van der Waals surface area contributed by atoms with Gasteiger partial charge in [-0.2, -0.15) is 0 Å². The van der Waals surface area contributed by atoms with Gasteiger partial charge in [0, 0.05) is 18.4 Å². The standard InChI is InChI=1S/C10H14N2.2C4H6O6/c1-12-7-3-5-10(12)9-4-2-6-11-8-9;2*5-1(3(7)8)2(6)4(9)10/h2,4,6,8,10H,3,5,7H2,1H3;2*1-2,5-6H,(H,7,8)(H,9,10)/t10-;2*1-,2-/m000/s1. The van der Waals surface area contributed by atoms with E-state index in [1.165, 1.54) is 24.9 Å². The first kappa shape index (κ1) is 28.8. The minimum absolute atomic E-state index is 0.610. The summed E-state index contributed by atoms with van der Waals surface area (Å²) in [7, 11) is 2.19. The van der Waals surface area contributed by atoms with Gasteiger partial charge in [-0.15, -0.1) is 0 Å². The van der Waals surface area contributed by atoms with Crippen molar-refractivity contribution in [1.29, 1.82) is 0 Å². The minimum atomic E-state index is -2.27. The molecule has 5 atom stereocenters. The molecule has 180 valence electrons. The van der Waals surface area contributed by atoms with E-state index in [4.69, 9.17) is 40.9 Å². The molecule has 1 aliphatic heterocycles. The fourth-order valence-electron chi connectivity index (χ4n) is 2.44. The van der Waals surface area contributed by atoms with Crippen molar-refractivity contribution in [3.63, 3.8) is 0 Å². The first-order chi connectivity index (χ1) is 14.8. The molecule has 1 aromatic rings. The van der Waals surface area contributed by atoms with Crippen molar-refractivity contribution >= 4 is 23.9 Å². The Morgan fingerprint density at radius 2 is 1.28 bits per heavy atom. The number of carboxylic acids is 4. The van der Waals surface area contributed by atoms with Gasteiger partial charge in [0.1, 0.15) is 0 Å². The third-order valence-electron chi connectivity index (χ3n) is 4.20. The van der Waals surface area contributed by atoms with Gasteiger partial charge >= 0.3 is 23.9 Å². The first-order valence-electron chi connectivity index (χ1n) is 9.04. The predicted octanol–water partition coefficient (Wildman–Crippen LogP) is -2.40. The molecule has 0 aliphatic carbocycles. The van der Waals surface area contributed by atoms with Crippen LogP contribution in [0.5, 0.6) is 0 Å². The van der Waals surface area contributed by atoms with Crippen LogP contribution < -0.4 is 0 Å². The molecule has 8 N–H and O–H groups in total. The predicted molar refractivity (Wildman–Crippen MR) is 103 cm³/mol. The molecule has 32 heavy (non-hydrogen) atoms. The average molecular weight is 462 g/mol. The van der Waals surface area contributed by atoms with Crippen molar-refractivity contribution < 1.29 is 60.0 Å². The number of aromatic nitrogens is 1. The number of rotatable bonds is 7. The van der Waals surface area contributed by atoms with E-state index in [1.807, 2.05) is 18.5 Å². The smallest absolute Gasteiger partial charge is 0.335 e. The fourth-order valence-corrected chi connectivity index (χ4v) is 2.44. The number of hydrogen-bond donors (Lipinski definition) is 8. The van der Waals surface area contributed by atoms with Gasteiger partial charge in [0.25, 0.3) is 0 Å². The normalized spacial score (nSPS) is 19.1. The molecule has 1 fully saturated rings. The zero-order valence-corrected chi connectivity index (χ0v) is 16.9. The second-order valence-corrected chi connectivity index (χ2v) is 6.56. The van der Waals surface area contributed by atoms with Gasteiger partial charge in [-0.25, -0.2) is 19.2 Å². The van der Waals surface area contributed by atoms with E-state index in [-0.39, 0.29) is 0 Å². The van der Waals surface area contributed by atoms with E-state index in [0.29, 0.717) is 6.04 Å². The number of aliphatic carboxylic acids is 4. The van der Waals surface area contributed by atoms with Crippen LogP contribution in [0.2, 0.25) is 0 Å². The average Bonchev–Trinajstić information content (AvgIpc) is 3.18. The van der Waals surface area contributed by atoms with Gasteiger partial charge in [0.15, 0.2) is 24.4 Å². The molecule has 0 spiro atoms. The summed E-state index contributed by atoms with van der Waals surface area (Å²) < 4.78 is 0. The number of aliphatic hydroxyl groups excluding tert-OH is 4. The molecule has 0 bridgehead atoms. The van der Waals surface area contributed by atoms with Crippen LogP contribution >= 0.6 is 0 Å². The van der Waals surface area contributed by atoms with Gasteiger partial charge in [0.2, 0.25) is 0 Å². The van der Waals surface area contributed by atoms with E-state index in [0.717, 1.165) is 0 Å². The number of pyridine rings is 1. The third kappa shape index (κ3) is 9.76. The zero-order valence-electron chi connectivity index (χ0n) is 16.9. The molecular formula is C18H26N2O12. The van der Waals surface area contributed by atoms with Crippen LogP contribution in [0.3, 0.4) is 0 Å². The monoisotopic (exact) mass is 462 g/mol. The fraction of sp³-hybridized carbons (Fsp3) is 0.500. The summed E-state index contributed by atoms with van der Waals surface area (Å²) in [5.74, 6) is -7.07. The zero-order chi connectivity index (χ0) is 25.0. The number of nitrogens with zero attached hydrogens (tertiary/aromatic N) is 2. The van der Waals surface area contributed by atoms with E-state index in [2.05, 4.69) is 23.0 Å². The number of carboxylic acid groups (broad SMARTS) is 4. The van der Waals surface area contributed by atoms with Gasteiger partial charge in [-0.3, -0.25) is 9.88 Å². The SMILES string of the molecule is CN1CCC[C@H]1c1cccnc1.O=C(O)[C@@H](O)[C@H](O)C(=O)O.O=C(O)[C@@H](O)[C@H](O)C(=O)O. The van der Waals surface area contributed by atoms with Gasteiger partial charge in [-0.05, 0) is 38.1 Å². The molecule has 0 saturated carbocycles. The Bertz CT molecular complexity index is 688. The lowest BCUT2D eigenvalue weighted by Gasteiger charge is -2.18. The van der Waals surface area contributed by atoms with Crippen molar-refractivity contribution in [1.82, 2.24) is 9.88 Å². The summed E-state index contributed by atoms with van der Waals surface area (Å²) in [4.78, 5) is 45.6. The van der Waals surface area contributed by atoms with Crippen LogP contribution in [-0.2, 0) is 19.2 Å². The molecule has 2 rings (SSSR count). The summed E-state index contributed by atoms with van der Waals surface area (Å²) >= 11 is 0. The maximum absolute atomic E-state index is 9.77. The van der Waals surface area contributed by atoms with Crippen molar-refractivity contribution in [2.24, 2.45) is 0 Å². The highest BCUT2D eigenvalue weighted by atomic mass is 16.4. The molecule has 14 nitrogen and oxygen atoms in total. The molecule has 0 unspecified atom stereocenters. The Morgan fingerprint density at radius 3 is 1.53 bits per heavy atom. The number of hydrogen-bond acceptors (Lipinski definition) is 10. The number of likely N-dealkylation sites (tertiary alicyclic amines) is 1. The van der Waals surface area contributed by atoms with Crippen LogP contribution in [0.25, 0.3) is 0 Å². The van der Waals surface area contributed by atoms with Crippen LogP contribution in [0.15, 0.2) is 24.5 Å². The van der Waals surface area contributed by atoms with Crippen molar-refractivity contribution in [2.45, 2.75) is 43.3 Å². The molecular weight excluding hydrogens is 436 g/mol. The Morgan fingerprint density at radius 1 is 0.875 bits per heavy atom. The molecule has 1 aromatic heterocycles. The molecule has 0 amide bonds. The van der Waals surface area contributed by atoms with Crippen molar-refractivity contribution in [3.05, 3.63) is 30.1 Å². The highest BCUT2D eigenvalue weighted by Crippen LogP contribution is 2.29. The summed E-state index contributed by atoms with van der Waals surface area (Å²) in [5.41, 5.74) is 1.36. The minimum Gasteiger partial charge on any atom is -0.479 e. The summed E-state index contributed by atoms with van der Waals surface area (Å²) in [6.07, 6.45) is -2.66. The summed E-state index contributed by atoms with van der Waals surface area (Å²) in [6.45, 7) is 1.22. The lowest BCUT2D eigenvalue weighted by atomic mass is 10.1. The van der Waals surface area contributed by atoms with Gasteiger partial charge < -0.3 is 40.9 Å². The largest absolute Gasteiger partial charge is 0.479 e. The lowest BCUT2D eigenvalue weighted by molar-refractivity contribution is -0.165. The second-order valence-electron chi connectivity index (χ2n) is 6.56. The van der Waals surface area contributed by atoms with Crippen LogP contribution in [0.4, 0.5) is 0 Å². The highest BCUT2D eigenvalue weighted by molar-refractivity contribution is 5.83. The molecule has 2 heterocycles. The van der Waals surface area contributed by atoms with Gasteiger partial charge in [-0.1, -0.05) is 6.07 Å². The molecule has 1 saturated heterocycles. The van der Waals surface area contributed by atoms with Crippen LogP contribution in [0, 0.1) is 0 Å². The van der Waals surface area contributed by atoms with E-state index in [1.54, 1.807) is 0 Å². The van der Waals surface area contributed by atoms with E-state index >= 15 is 0 Å². The van der Waals surface area contributed by atoms with Crippen LogP contribution in [0.1, 0.15) is 24.4 Å². The summed E-state index contributed by atoms with van der Waals surface area (Å²) in [5, 5.41) is 65.1. The van der Waals surface area contributed by atoms with E-state index in [9.17, 15) is 19.2 Å². The highest BCUT2D eigenvalue weighted by Gasteiger charge is 2.30. The topological polar surface area (TPSA) is 246 Å². The Hall–Kier alpha value is -3.17. The lowest BCUT2D eigenvalue weighted by Crippen LogP contribution is -2.39. The molecule has 14 heteroatoms. The first-order valence-corrected chi connectivity index (χ1v) is 9.04. The quantitative estimate of drug-likeness (QED) is 0.210. The Kier molecular flexibility index (Phi) is 12.6. The van der Waals surface area contributed by atoms with Crippen LogP contribution in [-0.4, -0.2) is 113 Å². The molecule has 1 aliphatic rings. The Balaban J connectivity index is 0.000000455. The van der Waals surface area contributed by atoms with E-state index < -0.39 is 48.3 Å². The second kappa shape index (κ2) is 14.0. The number of carbonyl (C=O) groups is 4. The maximum atomic E-state index is 9.77. The number of aliphatic hydroxyl groups is 4. The molecule has 0 aromatic carbocycles. The third-order valence-corrected chi connectivity index (χ3v) is 4.20. The maximum Gasteiger partial charge on any atom is 0.335 e. The van der Waals surface area contributed by atoms with Crippen molar-refractivity contribution in [2.75, 3.05) is 13.6 Å².